The van der Waals surface area contributed by atoms with E-state index in [1.54, 1.807) is 30.3 Å². The molecule has 4 amide bonds. The smallest absolute Gasteiger partial charge is 0.408 e. The third kappa shape index (κ3) is 11.0. The Kier molecular flexibility index (Phi) is 11.8. The molecule has 16 heteroatoms. The highest BCUT2D eigenvalue weighted by Crippen LogP contribution is 2.35. The van der Waals surface area contributed by atoms with E-state index >= 15 is 0 Å². The van der Waals surface area contributed by atoms with Gasteiger partial charge in [-0.3, -0.25) is 24.0 Å². The summed E-state index contributed by atoms with van der Waals surface area (Å²) >= 11 is 0. The maximum atomic E-state index is 13.6. The van der Waals surface area contributed by atoms with Crippen molar-refractivity contribution in [3.8, 4) is 0 Å². The number of carbonyl (C=O) groups is 6. The van der Waals surface area contributed by atoms with Crippen molar-refractivity contribution in [3.05, 3.63) is 47.4 Å². The predicted molar refractivity (Wildman–Crippen MR) is 153 cm³/mol. The summed E-state index contributed by atoms with van der Waals surface area (Å²) in [6.07, 6.45) is 1.44. The molecule has 15 nitrogen and oxygen atoms in total. The number of amides is 4. The number of hydrogen-bond acceptors (Lipinski definition) is 9. The molecule has 5 N–H and O–H groups in total. The molecule has 0 radical (unpaired) electrons. The Bertz CT molecular complexity index is 1380. The van der Waals surface area contributed by atoms with Crippen LogP contribution < -0.4 is 16.0 Å². The van der Waals surface area contributed by atoms with E-state index in [-0.39, 0.29) is 25.5 Å². The molecule has 0 bridgehead atoms. The molecule has 44 heavy (non-hydrogen) atoms. The van der Waals surface area contributed by atoms with E-state index in [1.165, 1.54) is 4.90 Å². The summed E-state index contributed by atoms with van der Waals surface area (Å²) in [7, 11) is -3.60. The number of carboxylic acids is 2. The van der Waals surface area contributed by atoms with Crippen molar-refractivity contribution in [2.24, 2.45) is 5.92 Å². The van der Waals surface area contributed by atoms with E-state index in [1.807, 2.05) is 0 Å². The minimum atomic E-state index is -3.60. The summed E-state index contributed by atoms with van der Waals surface area (Å²) in [4.78, 5) is 76.3. The molecule has 1 aliphatic carbocycles. The zero-order valence-corrected chi connectivity index (χ0v) is 24.8. The van der Waals surface area contributed by atoms with Gasteiger partial charge in [0.1, 0.15) is 24.7 Å². The zero-order valence-electron chi connectivity index (χ0n) is 24.0. The lowest BCUT2D eigenvalue weighted by molar-refractivity contribution is -0.143. The van der Waals surface area contributed by atoms with Crippen LogP contribution in [0.5, 0.6) is 0 Å². The number of ether oxygens (including phenoxy) is 1. The largest absolute Gasteiger partial charge is 0.481 e. The van der Waals surface area contributed by atoms with E-state index in [9.17, 15) is 47.4 Å². The Morgan fingerprint density at radius 3 is 2.23 bits per heavy atom. The first-order valence-corrected chi connectivity index (χ1v) is 15.9. The van der Waals surface area contributed by atoms with Gasteiger partial charge in [0.25, 0.3) is 0 Å². The van der Waals surface area contributed by atoms with Crippen LogP contribution in [-0.4, -0.2) is 96.3 Å². The zero-order chi connectivity index (χ0) is 32.4. The SMILES string of the molecule is CS(=O)(=O)/C=C/[C@H](CC(=O)O)NC(=O)[C@H]1CCCN1C(=O)C(NC(=O)[C@H](CC(=O)O)NC(=O)OCc1ccccc1)C1CC1. The lowest BCUT2D eigenvalue weighted by Crippen LogP contribution is -2.58. The molecular formula is C28H36N4O11S. The second kappa shape index (κ2) is 15.3. The van der Waals surface area contributed by atoms with Gasteiger partial charge in [-0.15, -0.1) is 0 Å². The van der Waals surface area contributed by atoms with Crippen molar-refractivity contribution in [1.82, 2.24) is 20.9 Å². The third-order valence-corrected chi connectivity index (χ3v) is 7.63. The van der Waals surface area contributed by atoms with Gasteiger partial charge >= 0.3 is 18.0 Å². The van der Waals surface area contributed by atoms with Crippen LogP contribution in [0.3, 0.4) is 0 Å². The number of alkyl carbamates (subject to hydrolysis) is 1. The van der Waals surface area contributed by atoms with Crippen molar-refractivity contribution in [2.45, 2.75) is 69.3 Å². The highest BCUT2D eigenvalue weighted by Gasteiger charge is 2.44. The van der Waals surface area contributed by atoms with Crippen molar-refractivity contribution < 1.29 is 52.1 Å². The van der Waals surface area contributed by atoms with E-state index in [0.717, 1.165) is 17.7 Å². The van der Waals surface area contributed by atoms with E-state index < -0.39 is 82.6 Å². The van der Waals surface area contributed by atoms with Crippen molar-refractivity contribution in [3.63, 3.8) is 0 Å². The van der Waals surface area contributed by atoms with Crippen LogP contribution in [0, 0.1) is 5.92 Å². The number of benzene rings is 1. The normalized spacial score (nSPS) is 18.6. The van der Waals surface area contributed by atoms with Crippen molar-refractivity contribution in [1.29, 1.82) is 0 Å². The molecule has 2 fully saturated rings. The maximum absolute atomic E-state index is 13.6. The van der Waals surface area contributed by atoms with Gasteiger partial charge in [0.2, 0.25) is 17.7 Å². The number of carbonyl (C=O) groups excluding carboxylic acids is 4. The fraction of sp³-hybridized carbons (Fsp3) is 0.500. The molecule has 0 spiro atoms. The van der Waals surface area contributed by atoms with Crippen LogP contribution in [0.25, 0.3) is 0 Å². The third-order valence-electron chi connectivity index (χ3n) is 6.98. The number of sulfone groups is 1. The van der Waals surface area contributed by atoms with E-state index in [4.69, 9.17) is 4.74 Å². The standard InChI is InChI=1S/C28H36N4O11S/c1-44(41,42)13-11-19(14-22(33)34)29-26(38)21-8-5-12-32(21)27(39)24(18-9-10-18)31-25(37)20(15-23(35)36)30-28(40)43-16-17-6-3-2-4-7-17/h2-4,6-7,11,13,18-21,24H,5,8-10,12,14-16H2,1H3,(H,29,38)(H,30,40)(H,31,37)(H,33,34)(H,35,36)/b13-11+/t19-,20+,21-,24?/m1/s1. The first kappa shape index (κ1) is 34.0. The number of hydrogen-bond donors (Lipinski definition) is 5. The average Bonchev–Trinajstić information content (AvgIpc) is 3.67. The Hall–Kier alpha value is -4.47. The fourth-order valence-electron chi connectivity index (χ4n) is 4.71. The lowest BCUT2D eigenvalue weighted by atomic mass is 10.1. The molecule has 1 aromatic rings. The Morgan fingerprint density at radius 1 is 0.977 bits per heavy atom. The quantitative estimate of drug-likeness (QED) is 0.174. The summed E-state index contributed by atoms with van der Waals surface area (Å²) in [6.45, 7) is 0.0501. The monoisotopic (exact) mass is 636 g/mol. The molecule has 1 unspecified atom stereocenters. The number of nitrogens with zero attached hydrogens (tertiary/aromatic N) is 1. The highest BCUT2D eigenvalue weighted by atomic mass is 32.2. The molecule has 4 atom stereocenters. The first-order valence-electron chi connectivity index (χ1n) is 13.9. The Balaban J connectivity index is 1.68. The van der Waals surface area contributed by atoms with Crippen molar-refractivity contribution >= 4 is 45.6 Å². The summed E-state index contributed by atoms with van der Waals surface area (Å²) in [5.74, 6) is -5.11. The molecule has 1 heterocycles. The lowest BCUT2D eigenvalue weighted by Gasteiger charge is -2.30. The number of carboxylic acid groups (broad SMARTS) is 2. The summed E-state index contributed by atoms with van der Waals surface area (Å²) in [5, 5.41) is 26.6. The number of likely N-dealkylation sites (tertiary alicyclic amines) is 1. The Labute approximate surface area is 253 Å². The molecule has 1 aliphatic heterocycles. The first-order chi connectivity index (χ1) is 20.7. The summed E-state index contributed by atoms with van der Waals surface area (Å²) in [5.41, 5.74) is 0.672. The van der Waals surface area contributed by atoms with Crippen LogP contribution in [0.2, 0.25) is 0 Å². The second-order valence-electron chi connectivity index (χ2n) is 10.7. The van der Waals surface area contributed by atoms with Crippen molar-refractivity contribution in [2.75, 3.05) is 12.8 Å². The van der Waals surface area contributed by atoms with Crippen LogP contribution in [0.15, 0.2) is 41.8 Å². The predicted octanol–water partition coefficient (Wildman–Crippen LogP) is 0.160. The maximum Gasteiger partial charge on any atom is 0.408 e. The number of aliphatic carboxylic acids is 2. The molecular weight excluding hydrogens is 600 g/mol. The topological polar surface area (TPSA) is 226 Å². The summed E-state index contributed by atoms with van der Waals surface area (Å²) in [6, 6.07) is 3.86. The van der Waals surface area contributed by atoms with Crippen LogP contribution >= 0.6 is 0 Å². The molecule has 1 saturated heterocycles. The van der Waals surface area contributed by atoms with Gasteiger partial charge in [-0.1, -0.05) is 36.4 Å². The molecule has 0 aromatic heterocycles. The summed E-state index contributed by atoms with van der Waals surface area (Å²) < 4.78 is 28.1. The number of rotatable bonds is 15. The average molecular weight is 637 g/mol. The minimum absolute atomic E-state index is 0.118. The minimum Gasteiger partial charge on any atom is -0.481 e. The number of nitrogens with one attached hydrogen (secondary N) is 3. The van der Waals surface area contributed by atoms with Gasteiger partial charge in [0.15, 0.2) is 9.84 Å². The molecule has 3 rings (SSSR count). The van der Waals surface area contributed by atoms with Gasteiger partial charge in [-0.2, -0.15) is 0 Å². The van der Waals surface area contributed by atoms with Gasteiger partial charge in [-0.25, -0.2) is 13.2 Å². The van der Waals surface area contributed by atoms with Crippen LogP contribution in [0.4, 0.5) is 4.79 Å². The van der Waals surface area contributed by atoms with Crippen LogP contribution in [-0.2, 0) is 45.2 Å². The van der Waals surface area contributed by atoms with E-state index in [0.29, 0.717) is 24.8 Å². The Morgan fingerprint density at radius 2 is 1.64 bits per heavy atom. The van der Waals surface area contributed by atoms with Gasteiger partial charge in [0.05, 0.1) is 18.9 Å². The molecule has 240 valence electrons. The fourth-order valence-corrected chi connectivity index (χ4v) is 5.18. The second-order valence-corrected chi connectivity index (χ2v) is 12.7. The van der Waals surface area contributed by atoms with Gasteiger partial charge in [0, 0.05) is 18.2 Å². The highest BCUT2D eigenvalue weighted by molar-refractivity contribution is 7.93. The molecule has 2 aliphatic rings. The van der Waals surface area contributed by atoms with E-state index in [2.05, 4.69) is 16.0 Å². The van der Waals surface area contributed by atoms with Crippen LogP contribution in [0.1, 0.15) is 44.1 Å². The van der Waals surface area contributed by atoms with Gasteiger partial charge < -0.3 is 35.8 Å². The molecule has 1 aromatic carbocycles. The van der Waals surface area contributed by atoms with Gasteiger partial charge in [-0.05, 0) is 37.2 Å². The molecule has 1 saturated carbocycles.